The van der Waals surface area contributed by atoms with Crippen molar-refractivity contribution in [3.63, 3.8) is 0 Å². The number of nitrogen functional groups attached to an aromatic ring is 1. The normalized spacial score (nSPS) is 26.5. The summed E-state index contributed by atoms with van der Waals surface area (Å²) in [5, 5.41) is -0.337. The molecule has 0 saturated carbocycles. The van der Waals surface area contributed by atoms with Gasteiger partial charge in [-0.15, -0.1) is 6.42 Å². The third kappa shape index (κ3) is 5.18. The number of ether oxygens (including phenoxy) is 1. The highest BCUT2D eigenvalue weighted by Gasteiger charge is 2.54. The Balaban J connectivity index is 2.17. The van der Waals surface area contributed by atoms with Crippen molar-refractivity contribution in [2.75, 3.05) is 12.3 Å². The fourth-order valence-electron chi connectivity index (χ4n) is 3.14. The first-order valence-electron chi connectivity index (χ1n) is 12.7. The van der Waals surface area contributed by atoms with E-state index in [9.17, 15) is 7.13 Å². The van der Waals surface area contributed by atoms with Gasteiger partial charge in [-0.1, -0.05) is 47.5 Å². The van der Waals surface area contributed by atoms with Gasteiger partial charge in [0.25, 0.3) is 0 Å². The molecule has 1 aliphatic heterocycles. The van der Waals surface area contributed by atoms with E-state index in [0.717, 1.165) is 0 Å². The molecule has 3 rings (SSSR count). The van der Waals surface area contributed by atoms with E-state index >= 15 is 0 Å². The molecule has 3 heterocycles. The second-order valence-electron chi connectivity index (χ2n) is 12.2. The largest absolute Gasteiger partial charge is 0.413 e. The molecule has 2 N–H and O–H groups in total. The Morgan fingerprint density at radius 3 is 2.37 bits per heavy atom. The summed E-state index contributed by atoms with van der Waals surface area (Å²) in [7, 11) is -4.85. The number of imidazole rings is 1. The number of halogens is 1. The minimum atomic E-state index is -2.55. The Hall–Kier alpha value is -1.85. The predicted octanol–water partition coefficient (Wildman–Crippen LogP) is 5.25. The molecule has 194 valence electrons. The minimum Gasteiger partial charge on any atom is -0.413 e. The Bertz CT molecular complexity index is 1220. The maximum Gasteiger partial charge on any atom is 0.312 e. The van der Waals surface area contributed by atoms with E-state index in [1.807, 2.05) is 13.1 Å². The van der Waals surface area contributed by atoms with Crippen LogP contribution in [0.3, 0.4) is 0 Å². The van der Waals surface area contributed by atoms with Gasteiger partial charge >= 0.3 is 6.08 Å². The van der Waals surface area contributed by atoms with Crippen LogP contribution in [0.25, 0.3) is 11.2 Å². The summed E-state index contributed by atoms with van der Waals surface area (Å²) >= 11 is 0. The third-order valence-corrected chi connectivity index (χ3v) is 16.5. The van der Waals surface area contributed by atoms with E-state index in [0.29, 0.717) is 0 Å². The lowest BCUT2D eigenvalue weighted by Crippen LogP contribution is -2.54. The van der Waals surface area contributed by atoms with Gasteiger partial charge in [0.2, 0.25) is 0 Å². The molecule has 0 aromatic carbocycles. The average Bonchev–Trinajstić information content (AvgIpc) is 3.23. The van der Waals surface area contributed by atoms with Crippen molar-refractivity contribution in [3.8, 4) is 12.3 Å². The van der Waals surface area contributed by atoms with E-state index in [1.165, 1.54) is 10.9 Å². The van der Waals surface area contributed by atoms with Crippen LogP contribution >= 0.6 is 0 Å². The Kier molecular flexibility index (Phi) is 6.33. The van der Waals surface area contributed by atoms with E-state index in [4.69, 9.17) is 25.7 Å². The van der Waals surface area contributed by atoms with Crippen molar-refractivity contribution >= 4 is 33.6 Å². The molecule has 0 radical (unpaired) electrons. The molecule has 11 heteroatoms. The molecule has 1 fully saturated rings. The zero-order chi connectivity index (χ0) is 28.4. The van der Waals surface area contributed by atoms with Gasteiger partial charge in [-0.05, 0) is 36.3 Å². The van der Waals surface area contributed by atoms with Crippen LogP contribution in [0.4, 0.5) is 10.2 Å². The molecule has 0 spiro atoms. The number of aromatic nitrogens is 4. The van der Waals surface area contributed by atoms with Crippen LogP contribution in [0.2, 0.25) is 36.3 Å². The second kappa shape index (κ2) is 8.92. The van der Waals surface area contributed by atoms with Crippen molar-refractivity contribution in [2.24, 2.45) is 0 Å². The first-order chi connectivity index (χ1) is 16.6. The lowest BCUT2D eigenvalue weighted by atomic mass is 9.99. The molecule has 2 aromatic heterocycles. The zero-order valence-corrected chi connectivity index (χ0v) is 24.5. The van der Waals surface area contributed by atoms with Gasteiger partial charge in [0.1, 0.15) is 6.23 Å². The number of nitrogens with two attached hydrogens (primary N) is 1. The Morgan fingerprint density at radius 1 is 1.23 bits per heavy atom. The van der Waals surface area contributed by atoms with E-state index in [1.54, 1.807) is 0 Å². The quantitative estimate of drug-likeness (QED) is 0.314. The standard InChI is InChI=1S/C24H40FN5O3Si2/c1-12-24(14-31-34(8,9)22(2,3)4)16(33-35(10,11)23(5,6)7)13-17(32-24)30-15-27-18-19(26)28-21(25)29-20(18)30/h1,15-17H,13-14H2,2-11H3,(H2,26,28,29)/t16-,17+,24-/m0/s1/i13D2. The summed E-state index contributed by atoms with van der Waals surface area (Å²) in [5.74, 6) is 2.56. The third-order valence-electron chi connectivity index (χ3n) is 7.63. The molecule has 3 atom stereocenters. The van der Waals surface area contributed by atoms with Crippen LogP contribution in [-0.4, -0.2) is 54.5 Å². The van der Waals surface area contributed by atoms with Gasteiger partial charge in [0.15, 0.2) is 39.2 Å². The van der Waals surface area contributed by atoms with Crippen molar-refractivity contribution < 1.29 is 20.7 Å². The van der Waals surface area contributed by atoms with Crippen LogP contribution in [0.15, 0.2) is 6.33 Å². The lowest BCUT2D eigenvalue weighted by Gasteiger charge is -2.43. The number of fused-ring (bicyclic) bond motifs is 1. The van der Waals surface area contributed by atoms with E-state index in [-0.39, 0.29) is 33.7 Å². The summed E-state index contributed by atoms with van der Waals surface area (Å²) in [5.41, 5.74) is 4.42. The molecule has 8 nitrogen and oxygen atoms in total. The SMILES string of the molecule is [2H]C1([2H])[C@H](n2cnc3c(N)nc(F)nc32)O[C@@](C#C)(CO[Si](C)(C)C(C)(C)C)[C@H]1O[Si](C)(C)C(C)(C)C. The van der Waals surface area contributed by atoms with Gasteiger partial charge in [0, 0.05) is 9.11 Å². The summed E-state index contributed by atoms with van der Waals surface area (Å²) in [4.78, 5) is 11.5. The molecule has 2 aromatic rings. The van der Waals surface area contributed by atoms with Gasteiger partial charge < -0.3 is 19.3 Å². The number of rotatable bonds is 6. The number of hydrogen-bond donors (Lipinski definition) is 1. The van der Waals surface area contributed by atoms with Crippen LogP contribution < -0.4 is 5.73 Å². The van der Waals surface area contributed by atoms with Crippen molar-refractivity contribution in [3.05, 3.63) is 12.4 Å². The van der Waals surface area contributed by atoms with Gasteiger partial charge in [-0.25, -0.2) is 4.98 Å². The fourth-order valence-corrected chi connectivity index (χ4v) is 5.35. The van der Waals surface area contributed by atoms with Gasteiger partial charge in [0.05, 0.1) is 19.0 Å². The molecule has 1 saturated heterocycles. The van der Waals surface area contributed by atoms with Crippen molar-refractivity contribution in [1.82, 2.24) is 19.5 Å². The van der Waals surface area contributed by atoms with Gasteiger partial charge in [-0.2, -0.15) is 14.4 Å². The number of hydrogen-bond acceptors (Lipinski definition) is 7. The first-order valence-corrected chi connectivity index (χ1v) is 17.5. The summed E-state index contributed by atoms with van der Waals surface area (Å²) in [6.45, 7) is 20.7. The van der Waals surface area contributed by atoms with E-state index in [2.05, 4.69) is 75.5 Å². The zero-order valence-electron chi connectivity index (χ0n) is 24.5. The summed E-state index contributed by atoms with van der Waals surface area (Å²) in [6, 6.07) is 0. The summed E-state index contributed by atoms with van der Waals surface area (Å²) in [6.07, 6.45) is 1.70. The second-order valence-corrected chi connectivity index (χ2v) is 21.7. The number of nitrogens with zero attached hydrogens (tertiary/aromatic N) is 4. The first kappa shape index (κ1) is 24.8. The molecular formula is C24H40FN5O3Si2. The molecular weight excluding hydrogens is 481 g/mol. The molecule has 0 unspecified atom stereocenters. The summed E-state index contributed by atoms with van der Waals surface area (Å²) < 4.78 is 53.5. The highest BCUT2D eigenvalue weighted by Crippen LogP contribution is 2.46. The molecule has 35 heavy (non-hydrogen) atoms. The topological polar surface area (TPSA) is 97.3 Å². The average molecular weight is 524 g/mol. The smallest absolute Gasteiger partial charge is 0.312 e. The number of anilines is 1. The monoisotopic (exact) mass is 523 g/mol. The molecule has 0 bridgehead atoms. The highest BCUT2D eigenvalue weighted by molar-refractivity contribution is 6.74. The van der Waals surface area contributed by atoms with Crippen LogP contribution in [0.1, 0.15) is 56.9 Å². The Morgan fingerprint density at radius 2 is 1.83 bits per heavy atom. The minimum absolute atomic E-state index is 0.00286. The van der Waals surface area contributed by atoms with Crippen LogP contribution in [-0.2, 0) is 13.6 Å². The molecule has 0 amide bonds. The maximum absolute atomic E-state index is 14.1. The van der Waals surface area contributed by atoms with Crippen LogP contribution in [0, 0.1) is 18.4 Å². The molecule has 0 aliphatic carbocycles. The lowest BCUT2D eigenvalue weighted by molar-refractivity contribution is -0.0838. The predicted molar refractivity (Wildman–Crippen MR) is 141 cm³/mol. The maximum atomic E-state index is 14.1. The van der Waals surface area contributed by atoms with E-state index < -0.39 is 47.0 Å². The highest BCUT2D eigenvalue weighted by atomic mass is 28.4. The van der Waals surface area contributed by atoms with Crippen molar-refractivity contribution in [2.45, 2.75) is 102 Å². The van der Waals surface area contributed by atoms with Gasteiger partial charge in [-0.3, -0.25) is 4.57 Å². The number of terminal acetylenes is 1. The fraction of sp³-hybridized carbons (Fsp3) is 0.708. The van der Waals surface area contributed by atoms with Crippen LogP contribution in [0.5, 0.6) is 0 Å². The van der Waals surface area contributed by atoms with Crippen molar-refractivity contribution in [1.29, 1.82) is 0 Å². The Labute approximate surface area is 213 Å². The molecule has 1 aliphatic rings.